The van der Waals surface area contributed by atoms with Crippen LogP contribution in [0, 0.1) is 6.92 Å². The number of carbonyl (C=O) groups excluding carboxylic acids is 2. The van der Waals surface area contributed by atoms with Crippen molar-refractivity contribution in [2.75, 3.05) is 19.8 Å². The Morgan fingerprint density at radius 3 is 3.04 bits per heavy atom. The number of fused-ring (bicyclic) bond motifs is 1. The smallest absolute Gasteiger partial charge is 0.349 e. The van der Waals surface area contributed by atoms with Crippen LogP contribution < -0.4 is 10.9 Å². The molecule has 0 radical (unpaired) electrons. The zero-order chi connectivity index (χ0) is 18.0. The van der Waals surface area contributed by atoms with Crippen LogP contribution in [0.2, 0.25) is 0 Å². The Hall–Kier alpha value is -2.26. The fourth-order valence-corrected chi connectivity index (χ4v) is 3.72. The van der Waals surface area contributed by atoms with E-state index in [2.05, 4.69) is 10.3 Å². The molecule has 1 saturated heterocycles. The lowest BCUT2D eigenvalue weighted by molar-refractivity contribution is -0.124. The number of hydrogen-bond acceptors (Lipinski definition) is 7. The summed E-state index contributed by atoms with van der Waals surface area (Å²) in [7, 11) is 1.60. The summed E-state index contributed by atoms with van der Waals surface area (Å²) >= 11 is 1.09. The predicted molar refractivity (Wildman–Crippen MR) is 91.9 cm³/mol. The number of hydrogen-bond donors (Lipinski definition) is 1. The van der Waals surface area contributed by atoms with Gasteiger partial charge in [-0.3, -0.25) is 9.59 Å². The van der Waals surface area contributed by atoms with Gasteiger partial charge in [0.15, 0.2) is 6.61 Å². The molecule has 0 aliphatic carbocycles. The van der Waals surface area contributed by atoms with Crippen LogP contribution in [0.3, 0.4) is 0 Å². The Bertz CT molecular complexity index is 867. The zero-order valence-electron chi connectivity index (χ0n) is 14.0. The standard InChI is InChI=1S/C16H19N3O5S/c1-9-12-14(18-8-19(2)15(12)21)25-13(9)16(22)24-7-11(20)17-6-10-4-3-5-23-10/h8,10H,3-7H2,1-2H3,(H,17,20)/t10-/m0/s1. The number of amides is 1. The van der Waals surface area contributed by atoms with Crippen molar-refractivity contribution in [2.24, 2.45) is 7.05 Å². The second-order valence-corrected chi connectivity index (χ2v) is 6.91. The molecule has 25 heavy (non-hydrogen) atoms. The van der Waals surface area contributed by atoms with Crippen LogP contribution in [-0.2, 0) is 21.3 Å². The molecular weight excluding hydrogens is 346 g/mol. The first-order valence-corrected chi connectivity index (χ1v) is 8.79. The summed E-state index contributed by atoms with van der Waals surface area (Å²) in [5, 5.41) is 3.09. The van der Waals surface area contributed by atoms with Crippen molar-refractivity contribution in [1.29, 1.82) is 0 Å². The largest absolute Gasteiger partial charge is 0.451 e. The predicted octanol–water partition coefficient (Wildman–Crippen LogP) is 0.755. The summed E-state index contributed by atoms with van der Waals surface area (Å²) in [6, 6.07) is 0. The molecule has 0 saturated carbocycles. The number of ether oxygens (including phenoxy) is 2. The number of aromatic nitrogens is 2. The molecule has 0 unspecified atom stereocenters. The Labute approximate surface area is 147 Å². The molecule has 0 spiro atoms. The molecule has 1 N–H and O–H groups in total. The average molecular weight is 365 g/mol. The van der Waals surface area contributed by atoms with Gasteiger partial charge in [-0.1, -0.05) is 0 Å². The van der Waals surface area contributed by atoms with Crippen LogP contribution >= 0.6 is 11.3 Å². The third-order valence-corrected chi connectivity index (χ3v) is 5.26. The lowest BCUT2D eigenvalue weighted by atomic mass is 10.2. The maximum Gasteiger partial charge on any atom is 0.349 e. The summed E-state index contributed by atoms with van der Waals surface area (Å²) in [4.78, 5) is 41.1. The van der Waals surface area contributed by atoms with Gasteiger partial charge < -0.3 is 19.4 Å². The van der Waals surface area contributed by atoms with Gasteiger partial charge >= 0.3 is 5.97 Å². The van der Waals surface area contributed by atoms with E-state index in [1.54, 1.807) is 14.0 Å². The maximum atomic E-state index is 12.2. The maximum absolute atomic E-state index is 12.2. The number of thiophene rings is 1. The van der Waals surface area contributed by atoms with E-state index in [0.29, 0.717) is 28.9 Å². The molecule has 0 bridgehead atoms. The molecule has 2 aromatic rings. The molecule has 3 rings (SSSR count). The van der Waals surface area contributed by atoms with Gasteiger partial charge in [-0.2, -0.15) is 0 Å². The van der Waals surface area contributed by atoms with E-state index < -0.39 is 5.97 Å². The van der Waals surface area contributed by atoms with Crippen LogP contribution in [0.25, 0.3) is 10.2 Å². The molecule has 0 aromatic carbocycles. The molecule has 1 atom stereocenters. The number of nitrogens with one attached hydrogen (secondary N) is 1. The quantitative estimate of drug-likeness (QED) is 0.785. The first-order valence-electron chi connectivity index (χ1n) is 7.97. The normalized spacial score (nSPS) is 17.0. The summed E-state index contributed by atoms with van der Waals surface area (Å²) < 4.78 is 11.8. The summed E-state index contributed by atoms with van der Waals surface area (Å²) in [5.41, 5.74) is 0.311. The van der Waals surface area contributed by atoms with Crippen LogP contribution in [0.15, 0.2) is 11.1 Å². The molecule has 1 amide bonds. The highest BCUT2D eigenvalue weighted by molar-refractivity contribution is 7.20. The summed E-state index contributed by atoms with van der Waals surface area (Å²) in [5.74, 6) is -1.01. The van der Waals surface area contributed by atoms with Gasteiger partial charge in [0.25, 0.3) is 11.5 Å². The van der Waals surface area contributed by atoms with E-state index in [0.717, 1.165) is 24.2 Å². The number of carbonyl (C=O) groups is 2. The van der Waals surface area contributed by atoms with E-state index in [1.807, 2.05) is 0 Å². The zero-order valence-corrected chi connectivity index (χ0v) is 14.9. The second kappa shape index (κ2) is 7.32. The summed E-state index contributed by atoms with van der Waals surface area (Å²) in [6.45, 7) is 2.44. The fourth-order valence-electron chi connectivity index (χ4n) is 2.68. The Morgan fingerprint density at radius 2 is 2.32 bits per heavy atom. The van der Waals surface area contributed by atoms with Gasteiger partial charge in [0, 0.05) is 20.2 Å². The van der Waals surface area contributed by atoms with Crippen LogP contribution in [-0.4, -0.2) is 47.3 Å². The monoisotopic (exact) mass is 365 g/mol. The molecule has 2 aromatic heterocycles. The number of esters is 1. The van der Waals surface area contributed by atoms with E-state index in [9.17, 15) is 14.4 Å². The van der Waals surface area contributed by atoms with E-state index >= 15 is 0 Å². The van der Waals surface area contributed by atoms with Crippen LogP contribution in [0.4, 0.5) is 0 Å². The number of nitrogens with zero attached hydrogens (tertiary/aromatic N) is 2. The highest BCUT2D eigenvalue weighted by atomic mass is 32.1. The lowest BCUT2D eigenvalue weighted by Crippen LogP contribution is -2.34. The van der Waals surface area contributed by atoms with Gasteiger partial charge in [0.1, 0.15) is 9.71 Å². The Morgan fingerprint density at radius 1 is 1.52 bits per heavy atom. The molecule has 1 fully saturated rings. The van der Waals surface area contributed by atoms with Crippen molar-refractivity contribution in [1.82, 2.24) is 14.9 Å². The molecule has 1 aliphatic rings. The van der Waals surface area contributed by atoms with Gasteiger partial charge in [-0.05, 0) is 25.3 Å². The van der Waals surface area contributed by atoms with Gasteiger partial charge in [-0.25, -0.2) is 9.78 Å². The molecule has 3 heterocycles. The molecular formula is C16H19N3O5S. The van der Waals surface area contributed by atoms with E-state index in [4.69, 9.17) is 9.47 Å². The number of aryl methyl sites for hydroxylation is 2. The SMILES string of the molecule is Cc1c(C(=O)OCC(=O)NC[C@@H]2CCCO2)sc2ncn(C)c(=O)c12. The van der Waals surface area contributed by atoms with Crippen molar-refractivity contribution in [3.63, 3.8) is 0 Å². The highest BCUT2D eigenvalue weighted by Crippen LogP contribution is 2.27. The highest BCUT2D eigenvalue weighted by Gasteiger charge is 2.21. The third kappa shape index (κ3) is 3.72. The molecule has 8 nitrogen and oxygen atoms in total. The minimum Gasteiger partial charge on any atom is -0.451 e. The van der Waals surface area contributed by atoms with Gasteiger partial charge in [-0.15, -0.1) is 11.3 Å². The molecule has 1 aliphatic heterocycles. The van der Waals surface area contributed by atoms with Crippen LogP contribution in [0.1, 0.15) is 28.1 Å². The van der Waals surface area contributed by atoms with Crippen molar-refractivity contribution >= 4 is 33.4 Å². The van der Waals surface area contributed by atoms with E-state index in [1.165, 1.54) is 10.9 Å². The minimum atomic E-state index is -0.630. The molecule has 9 heteroatoms. The third-order valence-electron chi connectivity index (χ3n) is 4.08. The topological polar surface area (TPSA) is 99.5 Å². The van der Waals surface area contributed by atoms with Gasteiger partial charge in [0.2, 0.25) is 0 Å². The second-order valence-electron chi connectivity index (χ2n) is 5.91. The van der Waals surface area contributed by atoms with Crippen LogP contribution in [0.5, 0.6) is 0 Å². The van der Waals surface area contributed by atoms with Crippen molar-refractivity contribution in [3.05, 3.63) is 27.1 Å². The van der Waals surface area contributed by atoms with Crippen molar-refractivity contribution < 1.29 is 19.1 Å². The summed E-state index contributed by atoms with van der Waals surface area (Å²) in [6.07, 6.45) is 3.36. The Kier molecular flexibility index (Phi) is 5.14. The number of rotatable bonds is 5. The van der Waals surface area contributed by atoms with E-state index in [-0.39, 0.29) is 29.1 Å². The molecule has 134 valence electrons. The first-order chi connectivity index (χ1) is 12.0. The Balaban J connectivity index is 1.62. The lowest BCUT2D eigenvalue weighted by Gasteiger charge is -2.10. The van der Waals surface area contributed by atoms with Crippen molar-refractivity contribution in [2.45, 2.75) is 25.9 Å². The average Bonchev–Trinajstić information content (AvgIpc) is 3.22. The van der Waals surface area contributed by atoms with Crippen molar-refractivity contribution in [3.8, 4) is 0 Å². The fraction of sp³-hybridized carbons (Fsp3) is 0.500. The first kappa shape index (κ1) is 17.6. The van der Waals surface area contributed by atoms with Gasteiger partial charge in [0.05, 0.1) is 17.8 Å². The minimum absolute atomic E-state index is 0.0341.